The number of nitrogens with one attached hydrogen (secondary N) is 1. The Kier molecular flexibility index (Phi) is 6.21. The van der Waals surface area contributed by atoms with Crippen molar-refractivity contribution in [2.24, 2.45) is 0 Å². The quantitative estimate of drug-likeness (QED) is 0.432. The molecule has 1 saturated heterocycles. The Hall–Kier alpha value is -3.44. The number of rotatable bonds is 6. The van der Waals surface area contributed by atoms with Gasteiger partial charge in [-0.3, -0.25) is 4.79 Å². The molecule has 1 atom stereocenters. The molecule has 3 aromatic carbocycles. The summed E-state index contributed by atoms with van der Waals surface area (Å²) in [4.78, 5) is 15.0. The van der Waals surface area contributed by atoms with Crippen LogP contribution in [0.3, 0.4) is 0 Å². The van der Waals surface area contributed by atoms with E-state index in [9.17, 15) is 4.79 Å². The Balaban J connectivity index is 1.45. The lowest BCUT2D eigenvalue weighted by Gasteiger charge is -2.49. The van der Waals surface area contributed by atoms with Gasteiger partial charge in [0.1, 0.15) is 12.3 Å². The Morgan fingerprint density at radius 3 is 2.69 bits per heavy atom. The standard InChI is InChI=1S/C30H31ClN2O3/c1-20-8-10-25-24(16-20)29(2,3)30(32-28(34)13-15-33(25)30)14-12-21-9-11-26(27(18-21)35-4)36-19-22-6-5-7-23(31)17-22/h5-12,14,16-18H,13,15,19H2,1-4H3,(H,32,34)/b14-12+/t30-/m1/s1. The minimum atomic E-state index is -0.659. The molecule has 2 aliphatic rings. The van der Waals surface area contributed by atoms with Crippen molar-refractivity contribution in [2.45, 2.75) is 44.9 Å². The number of fused-ring (bicyclic) bond motifs is 3. The number of anilines is 1. The number of carbonyl (C=O) groups is 1. The zero-order chi connectivity index (χ0) is 25.5. The number of halogens is 1. The second-order valence-corrected chi connectivity index (χ2v) is 10.5. The Morgan fingerprint density at radius 1 is 1.08 bits per heavy atom. The lowest BCUT2D eigenvalue weighted by Crippen LogP contribution is -2.68. The summed E-state index contributed by atoms with van der Waals surface area (Å²) in [5.41, 5.74) is 4.59. The summed E-state index contributed by atoms with van der Waals surface area (Å²) in [5, 5.41) is 4.01. The first kappa shape index (κ1) is 24.3. The maximum atomic E-state index is 12.7. The maximum Gasteiger partial charge on any atom is 0.223 e. The highest BCUT2D eigenvalue weighted by Crippen LogP contribution is 2.52. The van der Waals surface area contributed by atoms with Gasteiger partial charge in [0.15, 0.2) is 11.5 Å². The molecule has 2 aliphatic heterocycles. The van der Waals surface area contributed by atoms with Crippen LogP contribution in [-0.4, -0.2) is 25.2 Å². The van der Waals surface area contributed by atoms with Crippen LogP contribution in [-0.2, 0) is 16.8 Å². The number of ether oxygens (including phenoxy) is 2. The fourth-order valence-electron chi connectivity index (χ4n) is 5.38. The van der Waals surface area contributed by atoms with E-state index in [1.807, 2.05) is 42.5 Å². The van der Waals surface area contributed by atoms with E-state index in [1.54, 1.807) is 7.11 Å². The second-order valence-electron chi connectivity index (χ2n) is 10.0. The normalized spacial score (nSPS) is 20.1. The molecule has 3 aromatic rings. The molecule has 5 rings (SSSR count). The average molecular weight is 503 g/mol. The van der Waals surface area contributed by atoms with E-state index in [2.05, 4.69) is 61.3 Å². The van der Waals surface area contributed by atoms with Crippen molar-refractivity contribution in [1.82, 2.24) is 5.32 Å². The number of hydrogen-bond donors (Lipinski definition) is 1. The van der Waals surface area contributed by atoms with Crippen LogP contribution in [0, 0.1) is 6.92 Å². The number of benzene rings is 3. The largest absolute Gasteiger partial charge is 0.493 e. The van der Waals surface area contributed by atoms with Gasteiger partial charge in [-0.15, -0.1) is 0 Å². The van der Waals surface area contributed by atoms with Crippen molar-refractivity contribution >= 4 is 29.3 Å². The van der Waals surface area contributed by atoms with Crippen LogP contribution in [0.2, 0.25) is 5.02 Å². The molecule has 0 saturated carbocycles. The maximum absolute atomic E-state index is 12.7. The summed E-state index contributed by atoms with van der Waals surface area (Å²) in [7, 11) is 1.63. The molecular formula is C30H31ClN2O3. The molecule has 0 spiro atoms. The van der Waals surface area contributed by atoms with Gasteiger partial charge in [0.2, 0.25) is 5.91 Å². The first-order valence-electron chi connectivity index (χ1n) is 12.2. The van der Waals surface area contributed by atoms with Gasteiger partial charge in [-0.05, 0) is 60.0 Å². The van der Waals surface area contributed by atoms with Crippen LogP contribution in [0.5, 0.6) is 11.5 Å². The zero-order valence-corrected chi connectivity index (χ0v) is 21.9. The number of methoxy groups -OCH3 is 1. The van der Waals surface area contributed by atoms with Gasteiger partial charge in [-0.2, -0.15) is 0 Å². The molecule has 36 heavy (non-hydrogen) atoms. The van der Waals surface area contributed by atoms with Gasteiger partial charge in [0, 0.05) is 29.1 Å². The van der Waals surface area contributed by atoms with Crippen molar-refractivity contribution in [2.75, 3.05) is 18.6 Å². The fraction of sp³-hybridized carbons (Fsp3) is 0.300. The number of amides is 1. The molecule has 0 aromatic heterocycles. The van der Waals surface area contributed by atoms with Crippen molar-refractivity contribution in [1.29, 1.82) is 0 Å². The van der Waals surface area contributed by atoms with Crippen LogP contribution < -0.4 is 19.7 Å². The predicted octanol–water partition coefficient (Wildman–Crippen LogP) is 6.26. The van der Waals surface area contributed by atoms with E-state index in [1.165, 1.54) is 16.8 Å². The smallest absolute Gasteiger partial charge is 0.223 e. The Bertz CT molecular complexity index is 1350. The van der Waals surface area contributed by atoms with E-state index in [0.29, 0.717) is 36.1 Å². The molecule has 1 amide bonds. The van der Waals surface area contributed by atoms with E-state index in [4.69, 9.17) is 21.1 Å². The predicted molar refractivity (Wildman–Crippen MR) is 145 cm³/mol. The van der Waals surface area contributed by atoms with Crippen LogP contribution in [0.1, 0.15) is 42.5 Å². The summed E-state index contributed by atoms with van der Waals surface area (Å²) in [5.74, 6) is 1.37. The van der Waals surface area contributed by atoms with Crippen molar-refractivity contribution in [3.05, 3.63) is 94.0 Å². The van der Waals surface area contributed by atoms with Crippen LogP contribution in [0.15, 0.2) is 66.7 Å². The third-order valence-electron chi connectivity index (χ3n) is 7.38. The number of hydrogen-bond acceptors (Lipinski definition) is 4. The minimum Gasteiger partial charge on any atom is -0.493 e. The van der Waals surface area contributed by atoms with Crippen molar-refractivity contribution < 1.29 is 14.3 Å². The number of aryl methyl sites for hydroxylation is 1. The van der Waals surface area contributed by atoms with E-state index < -0.39 is 5.66 Å². The molecule has 1 N–H and O–H groups in total. The molecule has 5 nitrogen and oxygen atoms in total. The Morgan fingerprint density at radius 2 is 1.92 bits per heavy atom. The molecule has 1 fully saturated rings. The lowest BCUT2D eigenvalue weighted by molar-refractivity contribution is -0.124. The van der Waals surface area contributed by atoms with E-state index in [-0.39, 0.29) is 11.3 Å². The topological polar surface area (TPSA) is 50.8 Å². The lowest BCUT2D eigenvalue weighted by atomic mass is 9.74. The second kappa shape index (κ2) is 9.21. The highest BCUT2D eigenvalue weighted by Gasteiger charge is 2.57. The first-order chi connectivity index (χ1) is 17.2. The molecule has 0 radical (unpaired) electrons. The molecule has 0 bridgehead atoms. The summed E-state index contributed by atoms with van der Waals surface area (Å²) in [6.45, 7) is 7.58. The molecule has 2 heterocycles. The fourth-order valence-corrected chi connectivity index (χ4v) is 5.59. The highest BCUT2D eigenvalue weighted by molar-refractivity contribution is 6.30. The molecule has 6 heteroatoms. The monoisotopic (exact) mass is 502 g/mol. The van der Waals surface area contributed by atoms with Crippen molar-refractivity contribution in [3.63, 3.8) is 0 Å². The molecule has 0 unspecified atom stereocenters. The SMILES string of the molecule is COc1cc(/C=C/[C@@]23NC(=O)CCN2c2ccc(C)cc2C3(C)C)ccc1OCc1cccc(Cl)c1. The molecule has 0 aliphatic carbocycles. The van der Waals surface area contributed by atoms with Gasteiger partial charge in [-0.25, -0.2) is 0 Å². The Labute approximate surface area is 217 Å². The minimum absolute atomic E-state index is 0.0656. The van der Waals surface area contributed by atoms with Crippen LogP contribution >= 0.6 is 11.6 Å². The molecule has 186 valence electrons. The van der Waals surface area contributed by atoms with Gasteiger partial charge < -0.3 is 19.7 Å². The van der Waals surface area contributed by atoms with Crippen LogP contribution in [0.25, 0.3) is 6.08 Å². The summed E-state index contributed by atoms with van der Waals surface area (Å²) >= 11 is 6.09. The summed E-state index contributed by atoms with van der Waals surface area (Å²) in [6.07, 6.45) is 4.66. The third kappa shape index (κ3) is 4.11. The van der Waals surface area contributed by atoms with Crippen LogP contribution in [0.4, 0.5) is 5.69 Å². The zero-order valence-electron chi connectivity index (χ0n) is 21.1. The van der Waals surface area contributed by atoms with Crippen molar-refractivity contribution in [3.8, 4) is 11.5 Å². The van der Waals surface area contributed by atoms with Gasteiger partial charge in [0.25, 0.3) is 0 Å². The van der Waals surface area contributed by atoms with E-state index >= 15 is 0 Å². The van der Waals surface area contributed by atoms with E-state index in [0.717, 1.165) is 11.1 Å². The first-order valence-corrected chi connectivity index (χ1v) is 12.6. The van der Waals surface area contributed by atoms with Gasteiger partial charge in [0.05, 0.1) is 7.11 Å². The number of carbonyl (C=O) groups excluding carboxylic acids is 1. The third-order valence-corrected chi connectivity index (χ3v) is 7.61. The van der Waals surface area contributed by atoms with Gasteiger partial charge >= 0.3 is 0 Å². The number of nitrogens with zero attached hydrogens (tertiary/aromatic N) is 1. The average Bonchev–Trinajstić information content (AvgIpc) is 3.04. The summed E-state index contributed by atoms with van der Waals surface area (Å²) < 4.78 is 11.6. The molecular weight excluding hydrogens is 472 g/mol. The summed E-state index contributed by atoms with van der Waals surface area (Å²) in [6, 6.07) is 20.0. The highest BCUT2D eigenvalue weighted by atomic mass is 35.5. The van der Waals surface area contributed by atoms with Gasteiger partial charge in [-0.1, -0.05) is 67.4 Å².